The Labute approximate surface area is 176 Å². The number of allylic oxidation sites excluding steroid dienone is 1. The van der Waals surface area contributed by atoms with E-state index in [0.717, 1.165) is 34.5 Å². The maximum absolute atomic E-state index is 13.1. The first-order valence-corrected chi connectivity index (χ1v) is 10.4. The number of fused-ring (bicyclic) bond motifs is 3. The number of nitrogens with zero attached hydrogens (tertiary/aromatic N) is 2. The molecule has 0 unspecified atom stereocenters. The normalized spacial score (nSPS) is 15.8. The zero-order chi connectivity index (χ0) is 21.3. The molecule has 3 aromatic rings. The van der Waals surface area contributed by atoms with Gasteiger partial charge in [0.2, 0.25) is 5.95 Å². The van der Waals surface area contributed by atoms with E-state index >= 15 is 0 Å². The van der Waals surface area contributed by atoms with E-state index in [9.17, 15) is 4.79 Å². The molecule has 0 spiro atoms. The molecule has 1 N–H and O–H groups in total. The Morgan fingerprint density at radius 2 is 2.00 bits per heavy atom. The van der Waals surface area contributed by atoms with Gasteiger partial charge in [-0.15, -0.1) is 0 Å². The van der Waals surface area contributed by atoms with E-state index in [1.165, 1.54) is 0 Å². The van der Waals surface area contributed by atoms with E-state index in [4.69, 9.17) is 14.5 Å². The first-order chi connectivity index (χ1) is 14.5. The zero-order valence-electron chi connectivity index (χ0n) is 17.8. The molecule has 0 bridgehead atoms. The topological polar surface area (TPSA) is 65.4 Å². The number of benzene rings is 2. The predicted octanol–water partition coefficient (Wildman–Crippen LogP) is 5.07. The lowest BCUT2D eigenvalue weighted by Gasteiger charge is -2.30. The van der Waals surface area contributed by atoms with E-state index in [1.807, 2.05) is 69.3 Å². The molecule has 0 aliphatic carbocycles. The highest BCUT2D eigenvalue weighted by atomic mass is 16.5. The SMILES string of the molecule is CCCOc1cccc([C@@H]2C(C(=O)OC(C)C)=C(C)Nc3nc4ccccc4n32)c1. The molecule has 0 saturated heterocycles. The fraction of sp³-hybridized carbons (Fsp3) is 0.333. The Balaban J connectivity index is 1.90. The van der Waals surface area contributed by atoms with Crippen LogP contribution in [0.1, 0.15) is 45.7 Å². The second kappa shape index (κ2) is 8.22. The summed E-state index contributed by atoms with van der Waals surface area (Å²) in [5.74, 6) is 1.16. The van der Waals surface area contributed by atoms with Gasteiger partial charge in [0.05, 0.1) is 35.4 Å². The van der Waals surface area contributed by atoms with Crippen molar-refractivity contribution in [3.05, 3.63) is 65.4 Å². The van der Waals surface area contributed by atoms with Crippen LogP contribution in [0.25, 0.3) is 11.0 Å². The van der Waals surface area contributed by atoms with Crippen molar-refractivity contribution in [2.75, 3.05) is 11.9 Å². The van der Waals surface area contributed by atoms with Gasteiger partial charge >= 0.3 is 5.97 Å². The van der Waals surface area contributed by atoms with Gasteiger partial charge in [0.15, 0.2) is 0 Å². The molecule has 30 heavy (non-hydrogen) atoms. The van der Waals surface area contributed by atoms with Crippen molar-refractivity contribution in [2.24, 2.45) is 0 Å². The minimum Gasteiger partial charge on any atom is -0.494 e. The van der Waals surface area contributed by atoms with Gasteiger partial charge in [0.25, 0.3) is 0 Å². The monoisotopic (exact) mass is 405 g/mol. The average molecular weight is 405 g/mol. The molecule has 2 heterocycles. The fourth-order valence-corrected chi connectivity index (χ4v) is 3.82. The van der Waals surface area contributed by atoms with Gasteiger partial charge in [-0.3, -0.25) is 4.57 Å². The highest BCUT2D eigenvalue weighted by molar-refractivity contribution is 5.94. The van der Waals surface area contributed by atoms with Gasteiger partial charge in [-0.05, 0) is 57.0 Å². The van der Waals surface area contributed by atoms with Crippen molar-refractivity contribution in [3.8, 4) is 5.75 Å². The van der Waals surface area contributed by atoms with Crippen LogP contribution >= 0.6 is 0 Å². The van der Waals surface area contributed by atoms with Gasteiger partial charge in [0, 0.05) is 5.70 Å². The van der Waals surface area contributed by atoms with Crippen molar-refractivity contribution in [2.45, 2.75) is 46.3 Å². The third kappa shape index (κ3) is 3.65. The summed E-state index contributed by atoms with van der Waals surface area (Å²) in [6.07, 6.45) is 0.720. The number of rotatable bonds is 6. The molecule has 4 rings (SSSR count). The number of esters is 1. The van der Waals surface area contributed by atoms with Crippen molar-refractivity contribution in [3.63, 3.8) is 0 Å². The molecule has 1 aliphatic heterocycles. The molecule has 0 fully saturated rings. The van der Waals surface area contributed by atoms with E-state index in [0.29, 0.717) is 18.1 Å². The van der Waals surface area contributed by atoms with Crippen molar-refractivity contribution < 1.29 is 14.3 Å². The highest BCUT2D eigenvalue weighted by Crippen LogP contribution is 2.40. The largest absolute Gasteiger partial charge is 0.494 e. The summed E-state index contributed by atoms with van der Waals surface area (Å²) in [5.41, 5.74) is 4.09. The third-order valence-electron chi connectivity index (χ3n) is 5.04. The molecule has 1 aliphatic rings. The van der Waals surface area contributed by atoms with Crippen molar-refractivity contribution >= 4 is 23.0 Å². The summed E-state index contributed by atoms with van der Waals surface area (Å²) in [4.78, 5) is 17.9. The number of aromatic nitrogens is 2. The van der Waals surface area contributed by atoms with E-state index < -0.39 is 0 Å². The second-order valence-electron chi connectivity index (χ2n) is 7.74. The number of carbonyl (C=O) groups is 1. The number of imidazole rings is 1. The van der Waals surface area contributed by atoms with Crippen LogP contribution in [0.5, 0.6) is 5.75 Å². The van der Waals surface area contributed by atoms with Crippen molar-refractivity contribution in [1.29, 1.82) is 0 Å². The number of hydrogen-bond acceptors (Lipinski definition) is 5. The van der Waals surface area contributed by atoms with Gasteiger partial charge < -0.3 is 14.8 Å². The van der Waals surface area contributed by atoms with Gasteiger partial charge in [-0.25, -0.2) is 9.78 Å². The number of ether oxygens (including phenoxy) is 2. The second-order valence-corrected chi connectivity index (χ2v) is 7.74. The molecule has 1 aromatic heterocycles. The fourth-order valence-electron chi connectivity index (χ4n) is 3.82. The van der Waals surface area contributed by atoms with Crippen molar-refractivity contribution in [1.82, 2.24) is 9.55 Å². The van der Waals surface area contributed by atoms with Crippen LogP contribution in [-0.2, 0) is 9.53 Å². The quantitative estimate of drug-likeness (QED) is 0.580. The minimum absolute atomic E-state index is 0.210. The Morgan fingerprint density at radius 3 is 2.77 bits per heavy atom. The Morgan fingerprint density at radius 1 is 1.20 bits per heavy atom. The lowest BCUT2D eigenvalue weighted by Crippen LogP contribution is -2.30. The lowest BCUT2D eigenvalue weighted by atomic mass is 9.95. The molecule has 156 valence electrons. The van der Waals surface area contributed by atoms with Crippen LogP contribution in [0.15, 0.2) is 59.8 Å². The molecular formula is C24H27N3O3. The number of carbonyl (C=O) groups excluding carboxylic acids is 1. The summed E-state index contributed by atoms with van der Waals surface area (Å²) in [6.45, 7) is 8.33. The number of para-hydroxylation sites is 2. The van der Waals surface area contributed by atoms with Crippen LogP contribution in [-0.4, -0.2) is 28.2 Å². The molecule has 0 saturated carbocycles. The Bertz CT molecular complexity index is 1110. The maximum Gasteiger partial charge on any atom is 0.338 e. The first kappa shape index (κ1) is 20.0. The lowest BCUT2D eigenvalue weighted by molar-refractivity contribution is -0.143. The smallest absolute Gasteiger partial charge is 0.338 e. The van der Waals surface area contributed by atoms with Crippen LogP contribution in [0.2, 0.25) is 0 Å². The highest BCUT2D eigenvalue weighted by Gasteiger charge is 2.35. The van der Waals surface area contributed by atoms with E-state index in [-0.39, 0.29) is 18.1 Å². The number of anilines is 1. The van der Waals surface area contributed by atoms with Crippen LogP contribution in [0.4, 0.5) is 5.95 Å². The summed E-state index contributed by atoms with van der Waals surface area (Å²) in [5, 5.41) is 3.30. The maximum atomic E-state index is 13.1. The molecule has 6 heteroatoms. The molecule has 1 atom stereocenters. The molecule has 6 nitrogen and oxygen atoms in total. The summed E-state index contributed by atoms with van der Waals surface area (Å²) >= 11 is 0. The van der Waals surface area contributed by atoms with Crippen LogP contribution < -0.4 is 10.1 Å². The van der Waals surface area contributed by atoms with Crippen LogP contribution in [0, 0.1) is 0 Å². The van der Waals surface area contributed by atoms with Gasteiger partial charge in [-0.2, -0.15) is 0 Å². The molecule has 0 amide bonds. The average Bonchev–Trinajstić information content (AvgIpc) is 3.08. The summed E-state index contributed by atoms with van der Waals surface area (Å²) in [7, 11) is 0. The molecular weight excluding hydrogens is 378 g/mol. The Kier molecular flexibility index (Phi) is 5.48. The standard InChI is InChI=1S/C24H27N3O3/c1-5-13-29-18-10-8-9-17(14-18)22-21(23(28)30-15(2)3)16(4)25-24-26-19-11-6-7-12-20(19)27(22)24/h6-12,14-15,22H,5,13H2,1-4H3,(H,25,26)/t22-/m1/s1. The first-order valence-electron chi connectivity index (χ1n) is 10.4. The molecule has 0 radical (unpaired) electrons. The van der Waals surface area contributed by atoms with Crippen LogP contribution in [0.3, 0.4) is 0 Å². The zero-order valence-corrected chi connectivity index (χ0v) is 17.8. The van der Waals surface area contributed by atoms with E-state index in [1.54, 1.807) is 0 Å². The number of hydrogen-bond donors (Lipinski definition) is 1. The summed E-state index contributed by atoms with van der Waals surface area (Å²) in [6, 6.07) is 15.5. The van der Waals surface area contributed by atoms with E-state index in [2.05, 4.69) is 16.8 Å². The summed E-state index contributed by atoms with van der Waals surface area (Å²) < 4.78 is 13.5. The van der Waals surface area contributed by atoms with Gasteiger partial charge in [-0.1, -0.05) is 31.2 Å². The minimum atomic E-state index is -0.370. The predicted molar refractivity (Wildman–Crippen MR) is 118 cm³/mol. The van der Waals surface area contributed by atoms with Gasteiger partial charge in [0.1, 0.15) is 5.75 Å². The third-order valence-corrected chi connectivity index (χ3v) is 5.04. The molecule has 2 aromatic carbocycles. The number of nitrogens with one attached hydrogen (secondary N) is 1. The Hall–Kier alpha value is -3.28.